The van der Waals surface area contributed by atoms with E-state index in [4.69, 9.17) is 0 Å². The van der Waals surface area contributed by atoms with E-state index in [1.54, 1.807) is 49.4 Å². The van der Waals surface area contributed by atoms with Crippen LogP contribution in [0.15, 0.2) is 54.6 Å². The summed E-state index contributed by atoms with van der Waals surface area (Å²) in [7, 11) is 0. The summed E-state index contributed by atoms with van der Waals surface area (Å²) in [5, 5.41) is 21.1. The maximum Gasteiger partial charge on any atom is 0.269 e. The Morgan fingerprint density at radius 3 is 2.45 bits per heavy atom. The number of carbonyl (C=O) groups is 2. The number of rotatable bonds is 6. The van der Waals surface area contributed by atoms with Gasteiger partial charge in [-0.25, -0.2) is 4.68 Å². The molecule has 1 heterocycles. The molecule has 1 fully saturated rings. The summed E-state index contributed by atoms with van der Waals surface area (Å²) in [6.45, 7) is 1.79. The van der Waals surface area contributed by atoms with Crippen molar-refractivity contribution in [2.24, 2.45) is 5.92 Å². The minimum atomic E-state index is -0.471. The molecule has 0 atom stereocenters. The summed E-state index contributed by atoms with van der Waals surface area (Å²) in [5.74, 6) is 0.101. The molecule has 2 N–H and O–H groups in total. The molecule has 0 radical (unpaired) electrons. The number of carbonyl (C=O) groups excluding carboxylic acids is 2. The minimum absolute atomic E-state index is 0.000805. The number of anilines is 2. The third-order valence-electron chi connectivity index (χ3n) is 5.75. The second kappa shape index (κ2) is 9.64. The normalized spacial score (nSPS) is 14.0. The molecule has 0 spiro atoms. The third kappa shape index (κ3) is 5.25. The van der Waals surface area contributed by atoms with E-state index in [1.807, 2.05) is 0 Å². The average molecular weight is 447 g/mol. The smallest absolute Gasteiger partial charge is 0.269 e. The number of hydrogen-bond donors (Lipinski definition) is 2. The fraction of sp³-hybridized carbons (Fsp3) is 0.292. The molecule has 2 aromatic carbocycles. The Morgan fingerprint density at radius 2 is 1.76 bits per heavy atom. The first-order valence-corrected chi connectivity index (χ1v) is 10.9. The van der Waals surface area contributed by atoms with Crippen LogP contribution >= 0.6 is 0 Å². The highest BCUT2D eigenvalue weighted by Gasteiger charge is 2.21. The van der Waals surface area contributed by atoms with Crippen LogP contribution in [0.5, 0.6) is 0 Å². The largest absolute Gasteiger partial charge is 0.326 e. The number of amides is 2. The van der Waals surface area contributed by atoms with E-state index in [2.05, 4.69) is 15.7 Å². The van der Waals surface area contributed by atoms with Crippen LogP contribution < -0.4 is 10.6 Å². The van der Waals surface area contributed by atoms with Gasteiger partial charge in [-0.15, -0.1) is 0 Å². The van der Waals surface area contributed by atoms with E-state index < -0.39 is 4.92 Å². The fourth-order valence-corrected chi connectivity index (χ4v) is 4.04. The van der Waals surface area contributed by atoms with E-state index in [1.165, 1.54) is 23.2 Å². The number of non-ortho nitro benzene ring substituents is 1. The van der Waals surface area contributed by atoms with Crippen molar-refractivity contribution in [3.8, 4) is 5.69 Å². The Bertz CT molecular complexity index is 1180. The first kappa shape index (κ1) is 22.2. The minimum Gasteiger partial charge on any atom is -0.326 e. The van der Waals surface area contributed by atoms with Crippen molar-refractivity contribution < 1.29 is 14.5 Å². The predicted molar refractivity (Wildman–Crippen MR) is 125 cm³/mol. The van der Waals surface area contributed by atoms with Gasteiger partial charge < -0.3 is 10.6 Å². The van der Waals surface area contributed by atoms with Gasteiger partial charge in [-0.3, -0.25) is 19.7 Å². The molecule has 1 aliphatic carbocycles. The van der Waals surface area contributed by atoms with Crippen molar-refractivity contribution in [2.45, 2.75) is 39.0 Å². The fourth-order valence-electron chi connectivity index (χ4n) is 4.04. The van der Waals surface area contributed by atoms with E-state index in [0.29, 0.717) is 28.5 Å². The number of aromatic nitrogens is 2. The molecule has 33 heavy (non-hydrogen) atoms. The molecule has 170 valence electrons. The molecule has 1 saturated carbocycles. The van der Waals surface area contributed by atoms with Gasteiger partial charge in [-0.05, 0) is 50.1 Å². The second-order valence-electron chi connectivity index (χ2n) is 8.22. The van der Waals surface area contributed by atoms with Gasteiger partial charge in [0.05, 0.1) is 16.3 Å². The van der Waals surface area contributed by atoms with Crippen LogP contribution in [0.2, 0.25) is 0 Å². The summed E-state index contributed by atoms with van der Waals surface area (Å²) in [6.07, 6.45) is 5.12. The molecule has 9 heteroatoms. The molecule has 4 rings (SSSR count). The molecule has 0 aliphatic heterocycles. The standard InChI is InChI=1S/C24H25N5O4/c1-16-14-22(28(27-16)20-10-12-21(13-11-20)29(32)33)26-24(31)18-8-5-9-19(15-18)25-23(30)17-6-3-2-4-7-17/h5,8-15,17H,2-4,6-7H2,1H3,(H,25,30)(H,26,31). The SMILES string of the molecule is Cc1cc(NC(=O)c2cccc(NC(=O)C3CCCCC3)c2)n(-c2ccc([N+](=O)[O-])cc2)n1. The molecular formula is C24H25N5O4. The molecule has 9 nitrogen and oxygen atoms in total. The lowest BCUT2D eigenvalue weighted by atomic mass is 9.88. The Hall–Kier alpha value is -4.01. The van der Waals surface area contributed by atoms with Crippen molar-refractivity contribution in [1.29, 1.82) is 0 Å². The first-order chi connectivity index (χ1) is 15.9. The highest BCUT2D eigenvalue weighted by atomic mass is 16.6. The number of hydrogen-bond acceptors (Lipinski definition) is 5. The molecule has 1 aliphatic rings. The number of nitro benzene ring substituents is 1. The molecular weight excluding hydrogens is 422 g/mol. The monoisotopic (exact) mass is 447 g/mol. The van der Waals surface area contributed by atoms with E-state index in [-0.39, 0.29) is 23.4 Å². The number of aryl methyl sites for hydroxylation is 1. The zero-order valence-electron chi connectivity index (χ0n) is 18.3. The van der Waals surface area contributed by atoms with Gasteiger partial charge >= 0.3 is 0 Å². The summed E-state index contributed by atoms with van der Waals surface area (Å²) in [5.41, 5.74) is 2.21. The zero-order valence-corrected chi connectivity index (χ0v) is 18.3. The summed E-state index contributed by atoms with van der Waals surface area (Å²) >= 11 is 0. The highest BCUT2D eigenvalue weighted by molar-refractivity contribution is 6.05. The van der Waals surface area contributed by atoms with Crippen LogP contribution in [0.4, 0.5) is 17.2 Å². The Morgan fingerprint density at radius 1 is 1.03 bits per heavy atom. The average Bonchev–Trinajstić information content (AvgIpc) is 3.19. The van der Waals surface area contributed by atoms with Gasteiger partial charge in [-0.2, -0.15) is 5.10 Å². The van der Waals surface area contributed by atoms with Gasteiger partial charge in [0.15, 0.2) is 0 Å². The van der Waals surface area contributed by atoms with Crippen LogP contribution in [-0.2, 0) is 4.79 Å². The quantitative estimate of drug-likeness (QED) is 0.413. The molecule has 0 bridgehead atoms. The van der Waals surface area contributed by atoms with E-state index in [9.17, 15) is 19.7 Å². The van der Waals surface area contributed by atoms with Crippen molar-refractivity contribution in [3.63, 3.8) is 0 Å². The summed E-state index contributed by atoms with van der Waals surface area (Å²) in [6, 6.07) is 14.4. The molecule has 1 aromatic heterocycles. The molecule has 2 amide bonds. The Kier molecular flexibility index (Phi) is 6.48. The van der Waals surface area contributed by atoms with Crippen LogP contribution in [0.3, 0.4) is 0 Å². The topological polar surface area (TPSA) is 119 Å². The second-order valence-corrected chi connectivity index (χ2v) is 8.22. The number of nitro groups is 1. The zero-order chi connectivity index (χ0) is 23.4. The van der Waals surface area contributed by atoms with E-state index >= 15 is 0 Å². The summed E-state index contributed by atoms with van der Waals surface area (Å²) in [4.78, 5) is 35.9. The van der Waals surface area contributed by atoms with Gasteiger partial charge in [-0.1, -0.05) is 25.3 Å². The van der Waals surface area contributed by atoms with Crippen molar-refractivity contribution in [2.75, 3.05) is 10.6 Å². The highest BCUT2D eigenvalue weighted by Crippen LogP contribution is 2.25. The Labute approximate surface area is 191 Å². The third-order valence-corrected chi connectivity index (χ3v) is 5.75. The number of benzene rings is 2. The number of nitrogens with one attached hydrogen (secondary N) is 2. The van der Waals surface area contributed by atoms with Gasteiger partial charge in [0, 0.05) is 35.4 Å². The lowest BCUT2D eigenvalue weighted by molar-refractivity contribution is -0.384. The molecule has 3 aromatic rings. The van der Waals surface area contributed by atoms with Crippen molar-refractivity contribution in [3.05, 3.63) is 76.0 Å². The lowest BCUT2D eigenvalue weighted by Crippen LogP contribution is -2.25. The van der Waals surface area contributed by atoms with E-state index in [0.717, 1.165) is 25.7 Å². The van der Waals surface area contributed by atoms with Crippen LogP contribution in [-0.4, -0.2) is 26.5 Å². The van der Waals surface area contributed by atoms with Crippen molar-refractivity contribution >= 4 is 29.0 Å². The van der Waals surface area contributed by atoms with Gasteiger partial charge in [0.25, 0.3) is 11.6 Å². The van der Waals surface area contributed by atoms with Crippen LogP contribution in [0.25, 0.3) is 5.69 Å². The Balaban J connectivity index is 1.49. The van der Waals surface area contributed by atoms with Crippen molar-refractivity contribution in [1.82, 2.24) is 9.78 Å². The maximum absolute atomic E-state index is 12.9. The van der Waals surface area contributed by atoms with Gasteiger partial charge in [0.1, 0.15) is 5.82 Å². The summed E-state index contributed by atoms with van der Waals surface area (Å²) < 4.78 is 1.52. The van der Waals surface area contributed by atoms with Gasteiger partial charge in [0.2, 0.25) is 5.91 Å². The van der Waals surface area contributed by atoms with Crippen LogP contribution in [0.1, 0.15) is 48.2 Å². The molecule has 0 saturated heterocycles. The predicted octanol–water partition coefficient (Wildman–Crippen LogP) is 4.86. The molecule has 0 unspecified atom stereocenters. The maximum atomic E-state index is 12.9. The van der Waals surface area contributed by atoms with Crippen LogP contribution in [0, 0.1) is 23.0 Å². The first-order valence-electron chi connectivity index (χ1n) is 10.9. The number of nitrogens with zero attached hydrogens (tertiary/aromatic N) is 3. The lowest BCUT2D eigenvalue weighted by Gasteiger charge is -2.20.